The van der Waals surface area contributed by atoms with Gasteiger partial charge < -0.3 is 4.90 Å². The minimum Gasteiger partial charge on any atom is -0.322 e. The van der Waals surface area contributed by atoms with Crippen LogP contribution in [0.15, 0.2) is 55.5 Å². The van der Waals surface area contributed by atoms with Crippen molar-refractivity contribution in [3.05, 3.63) is 73.3 Å². The number of nitrogens with zero attached hydrogens (tertiary/aromatic N) is 3. The van der Waals surface area contributed by atoms with Crippen molar-refractivity contribution in [2.24, 2.45) is 9.98 Å². The lowest BCUT2D eigenvalue weighted by Crippen LogP contribution is -2.39. The molecule has 1 atom stereocenters. The van der Waals surface area contributed by atoms with Gasteiger partial charge in [-0.2, -0.15) is 0 Å². The molecule has 0 amide bonds. The predicted molar refractivity (Wildman–Crippen MR) is 112 cm³/mol. The summed E-state index contributed by atoms with van der Waals surface area (Å²) in [5.41, 5.74) is 1.28. The van der Waals surface area contributed by atoms with Crippen LogP contribution in [0, 0.1) is 11.6 Å². The van der Waals surface area contributed by atoms with E-state index in [9.17, 15) is 8.78 Å². The van der Waals surface area contributed by atoms with E-state index in [2.05, 4.69) is 41.8 Å². The van der Waals surface area contributed by atoms with Crippen molar-refractivity contribution < 1.29 is 8.78 Å². The molecule has 0 N–H and O–H groups in total. The van der Waals surface area contributed by atoms with E-state index in [4.69, 9.17) is 11.6 Å². The Bertz CT molecular complexity index is 1030. The van der Waals surface area contributed by atoms with Gasteiger partial charge in [0.05, 0.1) is 28.5 Å². The minimum absolute atomic E-state index is 0.180. The maximum Gasteiger partial charge on any atom is 0.135 e. The first kappa shape index (κ1) is 18.8. The van der Waals surface area contributed by atoms with E-state index in [0.29, 0.717) is 27.4 Å². The Labute approximate surface area is 176 Å². The van der Waals surface area contributed by atoms with E-state index in [0.717, 1.165) is 10.2 Å². The van der Waals surface area contributed by atoms with Crippen molar-refractivity contribution in [1.29, 1.82) is 0 Å². The highest BCUT2D eigenvalue weighted by Gasteiger charge is 2.33. The third-order valence-electron chi connectivity index (χ3n) is 4.42. The fraction of sp³-hybridized carbons (Fsp3) is 0.158. The van der Waals surface area contributed by atoms with Crippen molar-refractivity contribution in [2.75, 3.05) is 11.4 Å². The lowest BCUT2D eigenvalue weighted by Gasteiger charge is -2.30. The number of rotatable bonds is 1. The number of halogens is 5. The smallest absolute Gasteiger partial charge is 0.135 e. The number of hydrogen-bond donors (Lipinski definition) is 0. The van der Waals surface area contributed by atoms with Gasteiger partial charge in [0.2, 0.25) is 0 Å². The van der Waals surface area contributed by atoms with Gasteiger partial charge in [0.15, 0.2) is 0 Å². The van der Waals surface area contributed by atoms with E-state index in [1.807, 2.05) is 17.9 Å². The normalized spacial score (nSPS) is 18.8. The summed E-state index contributed by atoms with van der Waals surface area (Å²) >= 11 is 13.3. The topological polar surface area (TPSA) is 28.0 Å². The van der Waals surface area contributed by atoms with Crippen LogP contribution in [-0.2, 0) is 0 Å². The van der Waals surface area contributed by atoms with E-state index in [1.54, 1.807) is 12.3 Å². The van der Waals surface area contributed by atoms with Crippen molar-refractivity contribution in [2.45, 2.75) is 13.0 Å². The average molecular weight is 516 g/mol. The van der Waals surface area contributed by atoms with Gasteiger partial charge >= 0.3 is 0 Å². The number of hydrogen-bond acceptors (Lipinski definition) is 3. The van der Waals surface area contributed by atoms with E-state index in [-0.39, 0.29) is 11.3 Å². The first-order chi connectivity index (χ1) is 12.9. The Balaban J connectivity index is 2.07. The molecule has 2 aliphatic rings. The van der Waals surface area contributed by atoms with Crippen molar-refractivity contribution in [3.63, 3.8) is 0 Å². The van der Waals surface area contributed by atoms with Crippen LogP contribution in [0.25, 0.3) is 0 Å². The molecule has 0 saturated heterocycles. The number of anilines is 1. The quantitative estimate of drug-likeness (QED) is 0.453. The van der Waals surface area contributed by atoms with Gasteiger partial charge in [-0.05, 0) is 47.1 Å². The average Bonchev–Trinajstić information content (AvgIpc) is 2.73. The van der Waals surface area contributed by atoms with Gasteiger partial charge in [0.25, 0.3) is 0 Å². The first-order valence-corrected chi connectivity index (χ1v) is 10.0. The standard InChI is InChI=1S/C19H12Br2ClF2N3/c1-9-19-25-7-10(20)8-27(19)14-6-5-11(22)17(21)16(14)18(26-9)15-12(23)3-2-4-13(15)24/h2-7,9H,8H2,1H3/t9-/m0/s1. The molecular weight excluding hydrogens is 503 g/mol. The fourth-order valence-electron chi connectivity index (χ4n) is 3.24. The second-order valence-corrected chi connectivity index (χ2v) is 8.37. The molecule has 4 rings (SSSR count). The molecule has 2 aromatic rings. The summed E-state index contributed by atoms with van der Waals surface area (Å²) in [6.45, 7) is 2.38. The maximum absolute atomic E-state index is 14.6. The molecule has 3 nitrogen and oxygen atoms in total. The molecule has 2 aromatic carbocycles. The molecule has 0 radical (unpaired) electrons. The van der Waals surface area contributed by atoms with E-state index in [1.165, 1.54) is 18.2 Å². The second kappa shape index (κ2) is 7.11. The molecule has 0 spiro atoms. The van der Waals surface area contributed by atoms with Crippen LogP contribution in [0.4, 0.5) is 14.5 Å². The largest absolute Gasteiger partial charge is 0.322 e. The molecule has 2 heterocycles. The lowest BCUT2D eigenvalue weighted by molar-refractivity contribution is 0.579. The fourth-order valence-corrected chi connectivity index (χ4v) is 4.27. The zero-order valence-electron chi connectivity index (χ0n) is 14.0. The molecule has 0 saturated carbocycles. The molecule has 2 aliphatic heterocycles. The SMILES string of the molecule is C[C@@H]1N=C(c2c(F)cccc2F)c2c(ccc(Cl)c2Br)N2CC(Br)=CN=C12. The van der Waals surface area contributed by atoms with Gasteiger partial charge in [-0.15, -0.1) is 0 Å². The van der Waals surface area contributed by atoms with Gasteiger partial charge in [-0.3, -0.25) is 4.99 Å². The molecule has 8 heteroatoms. The third kappa shape index (κ3) is 3.15. The minimum atomic E-state index is -0.681. The summed E-state index contributed by atoms with van der Waals surface area (Å²) in [6.07, 6.45) is 1.72. The van der Waals surface area contributed by atoms with Crippen molar-refractivity contribution >= 4 is 60.7 Å². The Kier molecular flexibility index (Phi) is 4.94. The number of aliphatic imine (C=N–C) groups is 2. The van der Waals surface area contributed by atoms with Crippen LogP contribution in [0.1, 0.15) is 18.1 Å². The van der Waals surface area contributed by atoms with Crippen molar-refractivity contribution in [1.82, 2.24) is 0 Å². The zero-order valence-corrected chi connectivity index (χ0v) is 17.9. The van der Waals surface area contributed by atoms with Crippen LogP contribution < -0.4 is 4.90 Å². The molecule has 0 aromatic heterocycles. The van der Waals surface area contributed by atoms with Crippen LogP contribution in [0.2, 0.25) is 5.02 Å². The van der Waals surface area contributed by atoms with E-state index < -0.39 is 17.7 Å². The molecular formula is C19H12Br2ClF2N3. The number of fused-ring (bicyclic) bond motifs is 3. The van der Waals surface area contributed by atoms with Gasteiger partial charge in [-0.25, -0.2) is 13.8 Å². The monoisotopic (exact) mass is 513 g/mol. The summed E-state index contributed by atoms with van der Waals surface area (Å²) in [4.78, 5) is 11.1. The zero-order chi connectivity index (χ0) is 19.3. The number of amidine groups is 1. The van der Waals surface area contributed by atoms with Crippen LogP contribution in [0.5, 0.6) is 0 Å². The molecule has 0 aliphatic carbocycles. The Morgan fingerprint density at radius 1 is 1.11 bits per heavy atom. The summed E-state index contributed by atoms with van der Waals surface area (Å²) in [5, 5.41) is 0.429. The molecule has 0 fully saturated rings. The highest BCUT2D eigenvalue weighted by molar-refractivity contribution is 9.11. The van der Waals surface area contributed by atoms with Gasteiger partial charge in [-0.1, -0.05) is 33.6 Å². The molecule has 0 bridgehead atoms. The maximum atomic E-state index is 14.6. The molecule has 138 valence electrons. The third-order valence-corrected chi connectivity index (χ3v) is 6.24. The first-order valence-electron chi connectivity index (χ1n) is 8.08. The summed E-state index contributed by atoms with van der Waals surface area (Å²) in [5.74, 6) is -0.666. The molecule has 0 unspecified atom stereocenters. The highest BCUT2D eigenvalue weighted by Crippen LogP contribution is 2.40. The highest BCUT2D eigenvalue weighted by atomic mass is 79.9. The lowest BCUT2D eigenvalue weighted by atomic mass is 9.99. The second-order valence-electron chi connectivity index (χ2n) is 6.16. The Morgan fingerprint density at radius 3 is 2.52 bits per heavy atom. The Hall–Kier alpha value is -1.57. The predicted octanol–water partition coefficient (Wildman–Crippen LogP) is 6.08. The Morgan fingerprint density at radius 2 is 1.81 bits per heavy atom. The summed E-state index contributed by atoms with van der Waals surface area (Å²) in [7, 11) is 0. The van der Waals surface area contributed by atoms with Crippen molar-refractivity contribution in [3.8, 4) is 0 Å². The number of benzene rings is 2. The summed E-state index contributed by atoms with van der Waals surface area (Å²) in [6, 6.07) is 6.91. The van der Waals surface area contributed by atoms with Gasteiger partial charge in [0, 0.05) is 20.7 Å². The van der Waals surface area contributed by atoms with Gasteiger partial charge in [0.1, 0.15) is 23.5 Å². The van der Waals surface area contributed by atoms with E-state index >= 15 is 0 Å². The summed E-state index contributed by atoms with van der Waals surface area (Å²) < 4.78 is 30.7. The van der Waals surface area contributed by atoms with Crippen LogP contribution in [0.3, 0.4) is 0 Å². The molecule has 27 heavy (non-hydrogen) atoms. The van der Waals surface area contributed by atoms with Crippen LogP contribution >= 0.6 is 43.5 Å². The van der Waals surface area contributed by atoms with Crippen LogP contribution in [-0.4, -0.2) is 24.1 Å².